The molecule has 2 saturated carbocycles. The number of amides is 2. The maximum absolute atomic E-state index is 13.7. The van der Waals surface area contributed by atoms with E-state index in [1.165, 1.54) is 23.9 Å². The lowest BCUT2D eigenvalue weighted by atomic mass is 9.68. The average Bonchev–Trinajstić information content (AvgIpc) is 3.58. The van der Waals surface area contributed by atoms with Gasteiger partial charge in [-0.1, -0.05) is 35.6 Å². The minimum Gasteiger partial charge on any atom is -0.508 e. The number of aromatic amines is 1. The van der Waals surface area contributed by atoms with E-state index in [1.807, 2.05) is 12.1 Å². The van der Waals surface area contributed by atoms with Crippen molar-refractivity contribution in [3.63, 3.8) is 0 Å². The SMILES string of the molecule is O=C1[C@@H]2[C@H]3C[C@@H]([C@@H]2C(=O)N1c1cccc(C(F)(F)F)c1)[C@H]1[C@@H](c2ccccc2O)c2sc(=O)[nH]c2S[C@@H]31. The number of halogens is 3. The summed E-state index contributed by atoms with van der Waals surface area (Å²) in [6.45, 7) is 0. The number of para-hydroxylation sites is 1. The minimum absolute atomic E-state index is 0.0602. The third-order valence-electron chi connectivity index (χ3n) is 8.43. The molecule has 4 aliphatic rings. The lowest BCUT2D eigenvalue weighted by molar-refractivity contribution is -0.137. The Hall–Kier alpha value is -3.05. The molecular weight excluding hydrogens is 525 g/mol. The number of fused-ring (bicyclic) bond motifs is 9. The maximum Gasteiger partial charge on any atom is 0.416 e. The summed E-state index contributed by atoms with van der Waals surface area (Å²) in [5, 5.41) is 11.4. The van der Waals surface area contributed by atoms with Crippen molar-refractivity contribution in [2.45, 2.75) is 28.8 Å². The van der Waals surface area contributed by atoms with Gasteiger partial charge >= 0.3 is 11.0 Å². The molecule has 7 atom stereocenters. The van der Waals surface area contributed by atoms with Crippen molar-refractivity contribution in [2.75, 3.05) is 4.90 Å². The molecule has 6 nitrogen and oxygen atoms in total. The Morgan fingerprint density at radius 2 is 1.70 bits per heavy atom. The van der Waals surface area contributed by atoms with Crippen LogP contribution in [0.25, 0.3) is 0 Å². The zero-order chi connectivity index (χ0) is 25.8. The molecule has 37 heavy (non-hydrogen) atoms. The Morgan fingerprint density at radius 1 is 0.973 bits per heavy atom. The number of nitrogens with one attached hydrogen (secondary N) is 1. The number of aromatic hydroxyl groups is 1. The van der Waals surface area contributed by atoms with Crippen LogP contribution in [-0.4, -0.2) is 27.2 Å². The van der Waals surface area contributed by atoms with Crippen molar-refractivity contribution in [2.24, 2.45) is 29.6 Å². The van der Waals surface area contributed by atoms with E-state index in [9.17, 15) is 32.7 Å². The molecule has 1 aromatic heterocycles. The summed E-state index contributed by atoms with van der Waals surface area (Å²) >= 11 is 2.61. The number of nitrogens with zero attached hydrogens (tertiary/aromatic N) is 1. The van der Waals surface area contributed by atoms with Gasteiger partial charge in [-0.3, -0.25) is 19.3 Å². The Balaban J connectivity index is 1.31. The third kappa shape index (κ3) is 3.16. The lowest BCUT2D eigenvalue weighted by Crippen LogP contribution is -2.42. The van der Waals surface area contributed by atoms with E-state index in [0.717, 1.165) is 38.3 Å². The quantitative estimate of drug-likeness (QED) is 0.451. The summed E-state index contributed by atoms with van der Waals surface area (Å²) in [4.78, 5) is 44.1. The Kier molecular flexibility index (Phi) is 4.83. The van der Waals surface area contributed by atoms with E-state index in [0.29, 0.717) is 12.0 Å². The van der Waals surface area contributed by atoms with E-state index in [4.69, 9.17) is 0 Å². The summed E-state index contributed by atoms with van der Waals surface area (Å²) in [7, 11) is 0. The first-order valence-electron chi connectivity index (χ1n) is 11.9. The molecule has 2 amide bonds. The van der Waals surface area contributed by atoms with Crippen LogP contribution in [0.1, 0.15) is 28.3 Å². The molecule has 3 fully saturated rings. The number of alkyl halides is 3. The molecule has 2 aromatic carbocycles. The molecule has 2 aliphatic carbocycles. The number of anilines is 1. The van der Waals surface area contributed by atoms with E-state index in [2.05, 4.69) is 4.98 Å². The van der Waals surface area contributed by atoms with Gasteiger partial charge in [0.1, 0.15) is 5.75 Å². The molecular formula is C26H19F3N2O4S2. The fourth-order valence-electron chi connectivity index (χ4n) is 7.19. The largest absolute Gasteiger partial charge is 0.508 e. The number of imide groups is 1. The van der Waals surface area contributed by atoms with Crippen LogP contribution in [0.4, 0.5) is 18.9 Å². The van der Waals surface area contributed by atoms with Crippen LogP contribution < -0.4 is 9.77 Å². The van der Waals surface area contributed by atoms with Gasteiger partial charge < -0.3 is 10.1 Å². The smallest absolute Gasteiger partial charge is 0.416 e. The van der Waals surface area contributed by atoms with Crippen LogP contribution in [0.3, 0.4) is 0 Å². The van der Waals surface area contributed by atoms with Crippen LogP contribution in [0, 0.1) is 29.6 Å². The molecule has 2 N–H and O–H groups in total. The second-order valence-corrected chi connectivity index (χ2v) is 12.3. The topological polar surface area (TPSA) is 90.5 Å². The van der Waals surface area contributed by atoms with Crippen LogP contribution in [-0.2, 0) is 15.8 Å². The van der Waals surface area contributed by atoms with Crippen LogP contribution in [0.2, 0.25) is 0 Å². The van der Waals surface area contributed by atoms with Crippen molar-refractivity contribution >= 4 is 40.6 Å². The number of thioether (sulfide) groups is 1. The summed E-state index contributed by atoms with van der Waals surface area (Å²) in [5.41, 5.74) is -0.303. The molecule has 7 rings (SSSR count). The first-order valence-corrected chi connectivity index (χ1v) is 13.6. The minimum atomic E-state index is -4.60. The predicted molar refractivity (Wildman–Crippen MR) is 131 cm³/mol. The molecule has 190 valence electrons. The zero-order valence-corrected chi connectivity index (χ0v) is 20.6. The molecule has 0 radical (unpaired) electrons. The molecule has 2 bridgehead atoms. The number of hydrogen-bond donors (Lipinski definition) is 2. The van der Waals surface area contributed by atoms with Gasteiger partial charge in [-0.2, -0.15) is 13.2 Å². The number of thiazole rings is 1. The molecule has 3 aromatic rings. The fourth-order valence-corrected chi connectivity index (χ4v) is 10.1. The first-order chi connectivity index (χ1) is 17.6. The molecule has 0 unspecified atom stereocenters. The predicted octanol–water partition coefficient (Wildman–Crippen LogP) is 4.84. The van der Waals surface area contributed by atoms with Crippen LogP contribution in [0.15, 0.2) is 58.4 Å². The van der Waals surface area contributed by atoms with Crippen molar-refractivity contribution < 1.29 is 27.9 Å². The summed E-state index contributed by atoms with van der Waals surface area (Å²) in [6.07, 6.45) is -3.95. The van der Waals surface area contributed by atoms with Gasteiger partial charge in [-0.05, 0) is 48.4 Å². The van der Waals surface area contributed by atoms with Gasteiger partial charge in [0.2, 0.25) is 11.8 Å². The van der Waals surface area contributed by atoms with E-state index >= 15 is 0 Å². The van der Waals surface area contributed by atoms with Crippen LogP contribution in [0.5, 0.6) is 5.75 Å². The van der Waals surface area contributed by atoms with E-state index in [-0.39, 0.29) is 45.2 Å². The van der Waals surface area contributed by atoms with Crippen molar-refractivity contribution in [3.05, 3.63) is 74.2 Å². The fraction of sp³-hybridized carbons (Fsp3) is 0.346. The number of aromatic nitrogens is 1. The summed E-state index contributed by atoms with van der Waals surface area (Å²) < 4.78 is 40.0. The molecule has 11 heteroatoms. The number of phenols is 1. The maximum atomic E-state index is 13.7. The highest BCUT2D eigenvalue weighted by Crippen LogP contribution is 2.69. The van der Waals surface area contributed by atoms with Gasteiger partial charge in [0.05, 0.1) is 28.1 Å². The summed E-state index contributed by atoms with van der Waals surface area (Å²) in [6, 6.07) is 11.3. The normalized spacial score (nSPS) is 32.0. The molecule has 1 saturated heterocycles. The van der Waals surface area contributed by atoms with Crippen LogP contribution >= 0.6 is 23.1 Å². The number of H-pyrrole nitrogens is 1. The van der Waals surface area contributed by atoms with E-state index in [1.54, 1.807) is 12.1 Å². The third-order valence-corrected chi connectivity index (χ3v) is 11.0. The molecule has 3 heterocycles. The summed E-state index contributed by atoms with van der Waals surface area (Å²) in [5.74, 6) is -2.87. The Morgan fingerprint density at radius 3 is 2.43 bits per heavy atom. The monoisotopic (exact) mass is 544 g/mol. The number of phenolic OH excluding ortho intramolecular Hbond substituents is 1. The van der Waals surface area contributed by atoms with Gasteiger partial charge in [-0.25, -0.2) is 0 Å². The number of carbonyl (C=O) groups excluding carboxylic acids is 2. The van der Waals surface area contributed by atoms with Gasteiger partial charge in [-0.15, -0.1) is 11.8 Å². The van der Waals surface area contributed by atoms with Gasteiger partial charge in [0, 0.05) is 21.6 Å². The van der Waals surface area contributed by atoms with Crippen molar-refractivity contribution in [3.8, 4) is 5.75 Å². The zero-order valence-electron chi connectivity index (χ0n) is 18.9. The highest BCUT2D eigenvalue weighted by atomic mass is 32.2. The van der Waals surface area contributed by atoms with Crippen molar-refractivity contribution in [1.82, 2.24) is 4.98 Å². The van der Waals surface area contributed by atoms with E-state index < -0.39 is 35.4 Å². The highest BCUT2D eigenvalue weighted by Gasteiger charge is 2.69. The number of benzene rings is 2. The second kappa shape index (κ2) is 7.73. The second-order valence-electron chi connectivity index (χ2n) is 10.1. The number of carbonyl (C=O) groups is 2. The average molecular weight is 545 g/mol. The lowest BCUT2D eigenvalue weighted by Gasteiger charge is -2.43. The highest BCUT2D eigenvalue weighted by molar-refractivity contribution is 8.00. The number of hydrogen-bond acceptors (Lipinski definition) is 6. The Labute approximate surface area is 216 Å². The first kappa shape index (κ1) is 23.1. The Bertz CT molecular complexity index is 1530. The molecule has 2 aliphatic heterocycles. The molecule has 0 spiro atoms. The van der Waals surface area contributed by atoms with Crippen molar-refractivity contribution in [1.29, 1.82) is 0 Å². The van der Waals surface area contributed by atoms with Gasteiger partial charge in [0.15, 0.2) is 0 Å². The standard InChI is InChI=1S/C26H19F3N2O4S2/c27-26(28,29)10-4-3-5-11(8-10)31-23(33)18-13-9-14(19(18)24(31)34)20-17(13)16(12-6-1-2-7-15(12)32)21-22(36-20)30-25(35)37-21/h1-8,13-14,16-20,32H,9H2,(H,30,35)/t13-,14-,16-,17+,18+,19-,20+/m1/s1. The number of rotatable bonds is 2. The van der Waals surface area contributed by atoms with Gasteiger partial charge in [0.25, 0.3) is 0 Å².